The molecule has 0 bridgehead atoms. The van der Waals surface area contributed by atoms with E-state index in [1.165, 1.54) is 11.3 Å². The van der Waals surface area contributed by atoms with E-state index in [0.717, 1.165) is 10.2 Å². The first-order chi connectivity index (χ1) is 12.2. The van der Waals surface area contributed by atoms with Crippen LogP contribution < -0.4 is 10.1 Å². The molecule has 0 aliphatic carbocycles. The molecule has 0 saturated heterocycles. The Balaban J connectivity index is 1.67. The van der Waals surface area contributed by atoms with E-state index >= 15 is 0 Å². The summed E-state index contributed by atoms with van der Waals surface area (Å²) in [4.78, 5) is 25.3. The molecular formula is C17H11ClN4O2S. The summed E-state index contributed by atoms with van der Waals surface area (Å²) in [7, 11) is 1.57. The summed E-state index contributed by atoms with van der Waals surface area (Å²) in [5.74, 6) is 0.332. The molecule has 4 rings (SSSR count). The number of hydrogen-bond donors (Lipinski definition) is 1. The summed E-state index contributed by atoms with van der Waals surface area (Å²) in [6.45, 7) is 0. The molecule has 0 spiro atoms. The normalized spacial score (nSPS) is 11.0. The number of fused-ring (bicyclic) bond motifs is 2. The first-order valence-electron chi connectivity index (χ1n) is 7.31. The van der Waals surface area contributed by atoms with Gasteiger partial charge in [-0.2, -0.15) is 0 Å². The fraction of sp³-hybridized carbons (Fsp3) is 0.0588. The standard InChI is InChI=1S/C17H11ClN4O2S/c1-24-13-5-3-10(18)15-14(13)21-17(25-15)22-16(23)9-2-4-11-12(8-9)20-7-6-19-11/h2-8H,1H3,(H,21,22,23). The van der Waals surface area contributed by atoms with Gasteiger partial charge in [0.2, 0.25) is 0 Å². The maximum atomic E-state index is 12.5. The highest BCUT2D eigenvalue weighted by Gasteiger charge is 2.15. The van der Waals surface area contributed by atoms with Gasteiger partial charge in [0.15, 0.2) is 5.13 Å². The number of halogens is 1. The van der Waals surface area contributed by atoms with Gasteiger partial charge in [-0.3, -0.25) is 20.1 Å². The molecular weight excluding hydrogens is 360 g/mol. The van der Waals surface area contributed by atoms with E-state index in [4.69, 9.17) is 16.3 Å². The molecule has 124 valence electrons. The minimum absolute atomic E-state index is 0.276. The molecule has 0 saturated carbocycles. The summed E-state index contributed by atoms with van der Waals surface area (Å²) < 4.78 is 6.06. The van der Waals surface area contributed by atoms with Gasteiger partial charge in [0.25, 0.3) is 5.91 Å². The van der Waals surface area contributed by atoms with Crippen LogP contribution in [0.25, 0.3) is 21.3 Å². The number of thiazole rings is 1. The Kier molecular flexibility index (Phi) is 3.95. The van der Waals surface area contributed by atoms with Gasteiger partial charge in [0, 0.05) is 18.0 Å². The molecule has 2 aromatic carbocycles. The Bertz CT molecular complexity index is 1110. The van der Waals surface area contributed by atoms with E-state index in [1.54, 1.807) is 49.8 Å². The van der Waals surface area contributed by atoms with Crippen LogP contribution in [0.2, 0.25) is 5.02 Å². The molecule has 0 fully saturated rings. The monoisotopic (exact) mass is 370 g/mol. The van der Waals surface area contributed by atoms with E-state index < -0.39 is 0 Å². The van der Waals surface area contributed by atoms with E-state index in [1.807, 2.05) is 0 Å². The third-order valence-electron chi connectivity index (χ3n) is 3.63. The quantitative estimate of drug-likeness (QED) is 0.586. The maximum Gasteiger partial charge on any atom is 0.257 e. The third kappa shape index (κ3) is 2.88. The smallest absolute Gasteiger partial charge is 0.257 e. The molecule has 0 aliphatic rings. The van der Waals surface area contributed by atoms with Crippen molar-refractivity contribution in [2.24, 2.45) is 0 Å². The SMILES string of the molecule is COc1ccc(Cl)c2sc(NC(=O)c3ccc4nccnc4c3)nc12. The van der Waals surface area contributed by atoms with E-state index in [2.05, 4.69) is 20.3 Å². The zero-order chi connectivity index (χ0) is 17.4. The molecule has 1 N–H and O–H groups in total. The highest BCUT2D eigenvalue weighted by Crippen LogP contribution is 2.37. The number of methoxy groups -OCH3 is 1. The van der Waals surface area contributed by atoms with Crippen molar-refractivity contribution in [1.82, 2.24) is 15.0 Å². The van der Waals surface area contributed by atoms with Crippen LogP contribution in [0.3, 0.4) is 0 Å². The van der Waals surface area contributed by atoms with Crippen molar-refractivity contribution in [2.75, 3.05) is 12.4 Å². The molecule has 6 nitrogen and oxygen atoms in total. The molecule has 0 unspecified atom stereocenters. The Morgan fingerprint density at radius 2 is 1.96 bits per heavy atom. The van der Waals surface area contributed by atoms with Gasteiger partial charge >= 0.3 is 0 Å². The zero-order valence-electron chi connectivity index (χ0n) is 13.0. The predicted octanol–water partition coefficient (Wildman–Crippen LogP) is 4.15. The molecule has 1 amide bonds. The van der Waals surface area contributed by atoms with Crippen LogP contribution in [0.1, 0.15) is 10.4 Å². The summed E-state index contributed by atoms with van der Waals surface area (Å²) in [5.41, 5.74) is 2.49. The minimum atomic E-state index is -0.276. The number of benzene rings is 2. The van der Waals surface area contributed by atoms with Crippen molar-refractivity contribution < 1.29 is 9.53 Å². The number of anilines is 1. The minimum Gasteiger partial charge on any atom is -0.494 e. The van der Waals surface area contributed by atoms with E-state index in [9.17, 15) is 4.79 Å². The number of amides is 1. The van der Waals surface area contributed by atoms with Crippen molar-refractivity contribution in [3.05, 3.63) is 53.3 Å². The van der Waals surface area contributed by atoms with Crippen LogP contribution in [-0.2, 0) is 0 Å². The van der Waals surface area contributed by atoms with Crippen molar-refractivity contribution in [1.29, 1.82) is 0 Å². The highest BCUT2D eigenvalue weighted by atomic mass is 35.5. The number of ether oxygens (including phenoxy) is 1. The summed E-state index contributed by atoms with van der Waals surface area (Å²) >= 11 is 7.50. The molecule has 0 atom stereocenters. The number of carbonyl (C=O) groups excluding carboxylic acids is 1. The fourth-order valence-corrected chi connectivity index (χ4v) is 3.60. The average Bonchev–Trinajstić information content (AvgIpc) is 3.06. The number of hydrogen-bond acceptors (Lipinski definition) is 6. The van der Waals surface area contributed by atoms with Crippen LogP contribution in [0, 0.1) is 0 Å². The lowest BCUT2D eigenvalue weighted by molar-refractivity contribution is 0.102. The number of rotatable bonds is 3. The van der Waals surface area contributed by atoms with Gasteiger partial charge in [0.1, 0.15) is 11.3 Å². The van der Waals surface area contributed by atoms with Crippen LogP contribution in [0.4, 0.5) is 5.13 Å². The van der Waals surface area contributed by atoms with Crippen molar-refractivity contribution in [3.63, 3.8) is 0 Å². The molecule has 4 aromatic rings. The van der Waals surface area contributed by atoms with Gasteiger partial charge < -0.3 is 4.74 Å². The van der Waals surface area contributed by atoms with Gasteiger partial charge in [-0.1, -0.05) is 22.9 Å². The lowest BCUT2D eigenvalue weighted by atomic mass is 10.2. The van der Waals surface area contributed by atoms with Crippen LogP contribution >= 0.6 is 22.9 Å². The molecule has 0 radical (unpaired) electrons. The van der Waals surface area contributed by atoms with Gasteiger partial charge in [-0.05, 0) is 30.3 Å². The second kappa shape index (κ2) is 6.27. The summed E-state index contributed by atoms with van der Waals surface area (Å²) in [6, 6.07) is 8.65. The van der Waals surface area contributed by atoms with E-state index in [0.29, 0.717) is 32.5 Å². The number of aromatic nitrogens is 3. The number of nitrogens with zero attached hydrogens (tertiary/aromatic N) is 3. The summed E-state index contributed by atoms with van der Waals surface area (Å²) in [6.07, 6.45) is 3.20. The molecule has 8 heteroatoms. The first kappa shape index (κ1) is 15.7. The maximum absolute atomic E-state index is 12.5. The van der Waals surface area contributed by atoms with Crippen molar-refractivity contribution >= 4 is 55.2 Å². The zero-order valence-corrected chi connectivity index (χ0v) is 14.6. The third-order valence-corrected chi connectivity index (χ3v) is 5.06. The van der Waals surface area contributed by atoms with Crippen molar-refractivity contribution in [2.45, 2.75) is 0 Å². The number of carbonyl (C=O) groups is 1. The van der Waals surface area contributed by atoms with Gasteiger partial charge in [0.05, 0.1) is 27.9 Å². The van der Waals surface area contributed by atoms with Crippen LogP contribution in [0.15, 0.2) is 42.7 Å². The topological polar surface area (TPSA) is 77.0 Å². The molecule has 2 heterocycles. The van der Waals surface area contributed by atoms with Gasteiger partial charge in [-0.25, -0.2) is 4.98 Å². The Morgan fingerprint density at radius 3 is 2.76 bits per heavy atom. The lowest BCUT2D eigenvalue weighted by Crippen LogP contribution is -2.11. The average molecular weight is 371 g/mol. The molecule has 0 aliphatic heterocycles. The fourth-order valence-electron chi connectivity index (χ4n) is 2.44. The second-order valence-corrected chi connectivity index (χ2v) is 6.57. The molecule has 25 heavy (non-hydrogen) atoms. The molecule has 2 aromatic heterocycles. The van der Waals surface area contributed by atoms with Gasteiger partial charge in [-0.15, -0.1) is 0 Å². The van der Waals surface area contributed by atoms with E-state index in [-0.39, 0.29) is 5.91 Å². The van der Waals surface area contributed by atoms with Crippen LogP contribution in [-0.4, -0.2) is 28.0 Å². The Hall–Kier alpha value is -2.77. The lowest BCUT2D eigenvalue weighted by Gasteiger charge is -2.02. The second-order valence-electron chi connectivity index (χ2n) is 5.16. The highest BCUT2D eigenvalue weighted by molar-refractivity contribution is 7.23. The summed E-state index contributed by atoms with van der Waals surface area (Å²) in [5, 5.41) is 3.81. The first-order valence-corrected chi connectivity index (χ1v) is 8.50. The Morgan fingerprint density at radius 1 is 1.16 bits per heavy atom. The Labute approximate surface area is 151 Å². The largest absolute Gasteiger partial charge is 0.494 e. The predicted molar refractivity (Wildman–Crippen MR) is 98.7 cm³/mol. The van der Waals surface area contributed by atoms with Crippen molar-refractivity contribution in [3.8, 4) is 5.75 Å². The van der Waals surface area contributed by atoms with Crippen LogP contribution in [0.5, 0.6) is 5.75 Å². The number of nitrogens with one attached hydrogen (secondary N) is 1.